The molecule has 19 heavy (non-hydrogen) atoms. The molecule has 1 unspecified atom stereocenters. The zero-order valence-corrected chi connectivity index (χ0v) is 11.3. The van der Waals surface area contributed by atoms with Gasteiger partial charge in [-0.2, -0.15) is 0 Å². The molecule has 0 aliphatic carbocycles. The zero-order chi connectivity index (χ0) is 14.0. The fourth-order valence-electron chi connectivity index (χ4n) is 1.58. The van der Waals surface area contributed by atoms with E-state index in [9.17, 15) is 13.0 Å². The van der Waals surface area contributed by atoms with Crippen molar-refractivity contribution in [3.05, 3.63) is 58.6 Å². The van der Waals surface area contributed by atoms with Gasteiger partial charge >= 0.3 is 0 Å². The molecule has 2 aromatic rings. The summed E-state index contributed by atoms with van der Waals surface area (Å²) in [5.41, 5.74) is 6.27. The van der Waals surface area contributed by atoms with Crippen LogP contribution < -0.4 is 5.73 Å². The molecule has 2 nitrogen and oxygen atoms in total. The van der Waals surface area contributed by atoms with Gasteiger partial charge < -0.3 is 5.73 Å². The molecular weight excluding hydrogens is 292 g/mol. The summed E-state index contributed by atoms with van der Waals surface area (Å²) in [5, 5.41) is -0.0779. The summed E-state index contributed by atoms with van der Waals surface area (Å²) in [6.45, 7) is 0. The molecule has 0 spiro atoms. The maximum Gasteiger partial charge on any atom is 0.142 e. The standard InChI is InChI=1S/C13H10ClF2NOS/c14-13-8(2-1-3-10(13)16)7-19(18)12-6-9(15)4-5-11(12)17/h1-6H,7,17H2. The zero-order valence-electron chi connectivity index (χ0n) is 9.70. The highest BCUT2D eigenvalue weighted by Gasteiger charge is 2.13. The quantitative estimate of drug-likeness (QED) is 0.882. The fraction of sp³-hybridized carbons (Fsp3) is 0.0769. The van der Waals surface area contributed by atoms with E-state index in [-0.39, 0.29) is 21.4 Å². The number of nitrogen functional groups attached to an aromatic ring is 1. The number of nitrogens with two attached hydrogens (primary N) is 1. The first kappa shape index (κ1) is 14.0. The summed E-state index contributed by atoms with van der Waals surface area (Å²) in [6, 6.07) is 7.90. The van der Waals surface area contributed by atoms with Gasteiger partial charge in [0.25, 0.3) is 0 Å². The predicted molar refractivity (Wildman–Crippen MR) is 72.3 cm³/mol. The summed E-state index contributed by atoms with van der Waals surface area (Å²) in [4.78, 5) is 0.181. The molecule has 0 radical (unpaired) electrons. The van der Waals surface area contributed by atoms with E-state index in [2.05, 4.69) is 0 Å². The van der Waals surface area contributed by atoms with Gasteiger partial charge in [0.1, 0.15) is 11.6 Å². The van der Waals surface area contributed by atoms with Crippen molar-refractivity contribution < 1.29 is 13.0 Å². The molecule has 100 valence electrons. The third-order valence-corrected chi connectivity index (χ3v) is 4.38. The van der Waals surface area contributed by atoms with Gasteiger partial charge in [0.2, 0.25) is 0 Å². The van der Waals surface area contributed by atoms with Crippen LogP contribution in [0.4, 0.5) is 14.5 Å². The summed E-state index contributed by atoms with van der Waals surface area (Å²) in [6.07, 6.45) is 0. The van der Waals surface area contributed by atoms with E-state index in [1.54, 1.807) is 6.07 Å². The van der Waals surface area contributed by atoms with Crippen LogP contribution in [-0.4, -0.2) is 4.21 Å². The van der Waals surface area contributed by atoms with E-state index in [0.29, 0.717) is 5.56 Å². The van der Waals surface area contributed by atoms with Gasteiger partial charge in [-0.25, -0.2) is 8.78 Å². The van der Waals surface area contributed by atoms with Crippen molar-refractivity contribution in [1.82, 2.24) is 0 Å². The van der Waals surface area contributed by atoms with Crippen LogP contribution in [0.25, 0.3) is 0 Å². The Balaban J connectivity index is 2.31. The van der Waals surface area contributed by atoms with Crippen molar-refractivity contribution in [2.75, 3.05) is 5.73 Å². The summed E-state index contributed by atoms with van der Waals surface area (Å²) in [7, 11) is -1.59. The maximum absolute atomic E-state index is 13.3. The number of benzene rings is 2. The minimum atomic E-state index is -1.59. The largest absolute Gasteiger partial charge is 0.398 e. The Bertz CT molecular complexity index is 649. The molecule has 2 rings (SSSR count). The smallest absolute Gasteiger partial charge is 0.142 e. The summed E-state index contributed by atoms with van der Waals surface area (Å²) in [5.74, 6) is -1.13. The number of hydrogen-bond donors (Lipinski definition) is 1. The average molecular weight is 302 g/mol. The number of hydrogen-bond acceptors (Lipinski definition) is 2. The Hall–Kier alpha value is -1.46. The van der Waals surface area contributed by atoms with E-state index in [1.807, 2.05) is 0 Å². The van der Waals surface area contributed by atoms with Crippen LogP contribution in [0.5, 0.6) is 0 Å². The van der Waals surface area contributed by atoms with Gasteiger partial charge in [0.05, 0.1) is 26.5 Å². The Morgan fingerprint density at radius 3 is 2.68 bits per heavy atom. The lowest BCUT2D eigenvalue weighted by Gasteiger charge is -2.08. The van der Waals surface area contributed by atoms with Crippen LogP contribution in [0.1, 0.15) is 5.56 Å². The fourth-order valence-corrected chi connectivity index (χ4v) is 3.11. The molecule has 0 heterocycles. The van der Waals surface area contributed by atoms with Crippen LogP contribution >= 0.6 is 11.6 Å². The molecule has 0 saturated carbocycles. The molecule has 6 heteroatoms. The molecule has 0 aliphatic rings. The lowest BCUT2D eigenvalue weighted by Crippen LogP contribution is -2.02. The number of anilines is 1. The lowest BCUT2D eigenvalue weighted by atomic mass is 10.2. The van der Waals surface area contributed by atoms with Gasteiger partial charge in [-0.3, -0.25) is 4.21 Å². The molecule has 2 aromatic carbocycles. The van der Waals surface area contributed by atoms with Crippen molar-refractivity contribution in [2.45, 2.75) is 10.6 Å². The first-order chi connectivity index (χ1) is 8.99. The topological polar surface area (TPSA) is 43.1 Å². The normalized spacial score (nSPS) is 12.4. The van der Waals surface area contributed by atoms with Gasteiger partial charge in [-0.1, -0.05) is 23.7 Å². The molecule has 0 amide bonds. The van der Waals surface area contributed by atoms with Crippen LogP contribution in [0.15, 0.2) is 41.3 Å². The monoisotopic (exact) mass is 301 g/mol. The maximum atomic E-state index is 13.3. The highest BCUT2D eigenvalue weighted by Crippen LogP contribution is 2.25. The molecule has 0 aromatic heterocycles. The minimum absolute atomic E-state index is 0.0236. The van der Waals surface area contributed by atoms with Crippen molar-refractivity contribution >= 4 is 28.1 Å². The van der Waals surface area contributed by atoms with E-state index < -0.39 is 22.4 Å². The molecule has 1 atom stereocenters. The summed E-state index contributed by atoms with van der Waals surface area (Å²) >= 11 is 5.78. The summed E-state index contributed by atoms with van der Waals surface area (Å²) < 4.78 is 38.5. The van der Waals surface area contributed by atoms with E-state index in [0.717, 1.165) is 6.07 Å². The van der Waals surface area contributed by atoms with E-state index in [1.165, 1.54) is 24.3 Å². The Kier molecular flexibility index (Phi) is 4.17. The van der Waals surface area contributed by atoms with Crippen molar-refractivity contribution in [2.24, 2.45) is 0 Å². The van der Waals surface area contributed by atoms with Crippen molar-refractivity contribution in [3.63, 3.8) is 0 Å². The molecule has 0 fully saturated rings. The van der Waals surface area contributed by atoms with Crippen LogP contribution in [0.2, 0.25) is 5.02 Å². The minimum Gasteiger partial charge on any atom is -0.398 e. The third kappa shape index (κ3) is 3.11. The van der Waals surface area contributed by atoms with Crippen LogP contribution in [0.3, 0.4) is 0 Å². The van der Waals surface area contributed by atoms with Gasteiger partial charge in [0, 0.05) is 5.69 Å². The highest BCUT2D eigenvalue weighted by molar-refractivity contribution is 7.84. The second kappa shape index (κ2) is 5.67. The lowest BCUT2D eigenvalue weighted by molar-refractivity contribution is 0.622. The van der Waals surface area contributed by atoms with Gasteiger partial charge in [0.15, 0.2) is 0 Å². The Labute approximate surface area is 116 Å². The average Bonchev–Trinajstić information content (AvgIpc) is 2.38. The van der Waals surface area contributed by atoms with E-state index in [4.69, 9.17) is 17.3 Å². The van der Waals surface area contributed by atoms with Gasteiger partial charge in [-0.05, 0) is 29.8 Å². The first-order valence-electron chi connectivity index (χ1n) is 5.35. The SMILES string of the molecule is Nc1ccc(F)cc1S(=O)Cc1cccc(F)c1Cl. The Morgan fingerprint density at radius 2 is 1.95 bits per heavy atom. The highest BCUT2D eigenvalue weighted by atomic mass is 35.5. The van der Waals surface area contributed by atoms with Crippen LogP contribution in [-0.2, 0) is 16.6 Å². The number of rotatable bonds is 3. The van der Waals surface area contributed by atoms with Gasteiger partial charge in [-0.15, -0.1) is 0 Å². The third-order valence-electron chi connectivity index (χ3n) is 2.54. The second-order valence-corrected chi connectivity index (χ2v) is 5.68. The van der Waals surface area contributed by atoms with E-state index >= 15 is 0 Å². The molecular formula is C13H10ClF2NOS. The molecule has 0 aliphatic heterocycles. The molecule has 0 saturated heterocycles. The predicted octanol–water partition coefficient (Wildman–Crippen LogP) is 3.51. The second-order valence-electron chi connectivity index (χ2n) is 3.88. The molecule has 2 N–H and O–H groups in total. The van der Waals surface area contributed by atoms with Crippen molar-refractivity contribution in [1.29, 1.82) is 0 Å². The van der Waals surface area contributed by atoms with Crippen LogP contribution in [0, 0.1) is 11.6 Å². The number of halogens is 3. The first-order valence-corrected chi connectivity index (χ1v) is 7.05. The van der Waals surface area contributed by atoms with Crippen molar-refractivity contribution in [3.8, 4) is 0 Å². The Morgan fingerprint density at radius 1 is 1.21 bits per heavy atom. The molecule has 0 bridgehead atoms.